The average Bonchev–Trinajstić information content (AvgIpc) is 3.28. The minimum atomic E-state index is 0.125. The molecule has 4 rings (SSSR count). The standard InChI is InChI=1S/C22H26N2OS/c1-15-13-20(26-21(15)22(25)24-12-11-19(23)14-24)18-9-7-17(8-10-18)16-5-3-2-4-6-16/h5,7-10,13,19H,2-4,6,11-12,14,23H2,1H3/t19-/m0/s1. The highest BCUT2D eigenvalue weighted by Crippen LogP contribution is 2.34. The van der Waals surface area contributed by atoms with Gasteiger partial charge in [-0.15, -0.1) is 11.3 Å². The van der Waals surface area contributed by atoms with Crippen molar-refractivity contribution in [2.75, 3.05) is 13.1 Å². The highest BCUT2D eigenvalue weighted by Gasteiger charge is 2.27. The molecule has 1 aromatic carbocycles. The van der Waals surface area contributed by atoms with E-state index in [0.717, 1.165) is 23.4 Å². The number of hydrogen-bond acceptors (Lipinski definition) is 3. The van der Waals surface area contributed by atoms with Crippen LogP contribution in [0.25, 0.3) is 16.0 Å². The fourth-order valence-corrected chi connectivity index (χ4v) is 5.05. The number of hydrogen-bond donors (Lipinski definition) is 1. The number of rotatable bonds is 3. The maximum Gasteiger partial charge on any atom is 0.264 e. The first-order chi connectivity index (χ1) is 12.6. The molecule has 1 aromatic heterocycles. The molecule has 0 radical (unpaired) electrons. The molecule has 0 spiro atoms. The zero-order valence-electron chi connectivity index (χ0n) is 15.3. The van der Waals surface area contributed by atoms with Gasteiger partial charge >= 0.3 is 0 Å². The van der Waals surface area contributed by atoms with Gasteiger partial charge in [0.2, 0.25) is 0 Å². The third kappa shape index (κ3) is 3.49. The minimum Gasteiger partial charge on any atom is -0.336 e. The molecule has 136 valence electrons. The van der Waals surface area contributed by atoms with Crippen LogP contribution in [0.15, 0.2) is 36.4 Å². The molecule has 2 aliphatic rings. The Hall–Kier alpha value is -1.91. The Balaban J connectivity index is 1.55. The topological polar surface area (TPSA) is 46.3 Å². The van der Waals surface area contributed by atoms with Gasteiger partial charge in [0.15, 0.2) is 0 Å². The number of carbonyl (C=O) groups is 1. The van der Waals surface area contributed by atoms with Crippen LogP contribution in [0.3, 0.4) is 0 Å². The van der Waals surface area contributed by atoms with Crippen molar-refractivity contribution in [3.8, 4) is 10.4 Å². The number of likely N-dealkylation sites (tertiary alicyclic amines) is 1. The summed E-state index contributed by atoms with van der Waals surface area (Å²) in [4.78, 5) is 16.7. The first-order valence-corrected chi connectivity index (χ1v) is 10.4. The summed E-state index contributed by atoms with van der Waals surface area (Å²) >= 11 is 1.60. The van der Waals surface area contributed by atoms with Crippen molar-refractivity contribution in [2.24, 2.45) is 5.73 Å². The summed E-state index contributed by atoms with van der Waals surface area (Å²) in [6.45, 7) is 3.48. The molecule has 3 nitrogen and oxygen atoms in total. The van der Waals surface area contributed by atoms with E-state index in [0.29, 0.717) is 6.54 Å². The number of allylic oxidation sites excluding steroid dienone is 2. The Kier molecular flexibility index (Phi) is 4.96. The van der Waals surface area contributed by atoms with Crippen LogP contribution in [0.2, 0.25) is 0 Å². The Bertz CT molecular complexity index is 834. The third-order valence-electron chi connectivity index (χ3n) is 5.46. The first-order valence-electron chi connectivity index (χ1n) is 9.57. The molecular formula is C22H26N2OS. The average molecular weight is 367 g/mol. The minimum absolute atomic E-state index is 0.125. The van der Waals surface area contributed by atoms with Gasteiger partial charge in [0, 0.05) is 24.0 Å². The highest BCUT2D eigenvalue weighted by molar-refractivity contribution is 7.17. The molecule has 2 aromatic rings. The van der Waals surface area contributed by atoms with Crippen molar-refractivity contribution in [1.82, 2.24) is 4.90 Å². The second-order valence-corrected chi connectivity index (χ2v) is 8.53. The van der Waals surface area contributed by atoms with Gasteiger partial charge in [0.1, 0.15) is 0 Å². The predicted molar refractivity (Wildman–Crippen MR) is 109 cm³/mol. The van der Waals surface area contributed by atoms with Gasteiger partial charge in [-0.3, -0.25) is 4.79 Å². The first kappa shape index (κ1) is 17.5. The van der Waals surface area contributed by atoms with Gasteiger partial charge in [-0.1, -0.05) is 30.3 Å². The zero-order chi connectivity index (χ0) is 18.1. The third-order valence-corrected chi connectivity index (χ3v) is 6.73. The van der Waals surface area contributed by atoms with E-state index in [1.54, 1.807) is 11.3 Å². The molecule has 0 bridgehead atoms. The van der Waals surface area contributed by atoms with Gasteiger partial charge in [0.05, 0.1) is 4.88 Å². The summed E-state index contributed by atoms with van der Waals surface area (Å²) < 4.78 is 0. The van der Waals surface area contributed by atoms with Crippen molar-refractivity contribution in [2.45, 2.75) is 45.1 Å². The lowest BCUT2D eigenvalue weighted by Crippen LogP contribution is -2.31. The van der Waals surface area contributed by atoms with Gasteiger partial charge in [-0.05, 0) is 67.4 Å². The molecule has 4 heteroatoms. The van der Waals surface area contributed by atoms with Crippen molar-refractivity contribution >= 4 is 22.8 Å². The number of aryl methyl sites for hydroxylation is 1. The zero-order valence-corrected chi connectivity index (χ0v) is 16.1. The largest absolute Gasteiger partial charge is 0.336 e. The van der Waals surface area contributed by atoms with Crippen LogP contribution >= 0.6 is 11.3 Å². The number of carbonyl (C=O) groups excluding carboxylic acids is 1. The van der Waals surface area contributed by atoms with Crippen LogP contribution in [0.4, 0.5) is 0 Å². The maximum atomic E-state index is 12.8. The quantitative estimate of drug-likeness (QED) is 0.844. The molecule has 1 aliphatic heterocycles. The van der Waals surface area contributed by atoms with E-state index >= 15 is 0 Å². The van der Waals surface area contributed by atoms with Crippen molar-refractivity contribution in [1.29, 1.82) is 0 Å². The summed E-state index contributed by atoms with van der Waals surface area (Å²) in [5.74, 6) is 0.135. The lowest BCUT2D eigenvalue weighted by atomic mass is 9.93. The monoisotopic (exact) mass is 366 g/mol. The molecule has 1 fully saturated rings. The predicted octanol–water partition coefficient (Wildman–Crippen LogP) is 4.85. The fourth-order valence-electron chi connectivity index (χ4n) is 3.90. The fraction of sp³-hybridized carbons (Fsp3) is 0.409. The summed E-state index contributed by atoms with van der Waals surface area (Å²) in [5.41, 5.74) is 11.0. The van der Waals surface area contributed by atoms with Crippen LogP contribution in [-0.2, 0) is 0 Å². The molecule has 26 heavy (non-hydrogen) atoms. The summed E-state index contributed by atoms with van der Waals surface area (Å²) in [6.07, 6.45) is 8.28. The lowest BCUT2D eigenvalue weighted by Gasteiger charge is -2.15. The Morgan fingerprint density at radius 2 is 1.96 bits per heavy atom. The Morgan fingerprint density at radius 1 is 1.19 bits per heavy atom. The van der Waals surface area contributed by atoms with E-state index in [9.17, 15) is 4.79 Å². The number of amides is 1. The normalized spacial score (nSPS) is 20.3. The van der Waals surface area contributed by atoms with Crippen LogP contribution in [0.1, 0.15) is 52.9 Å². The summed E-state index contributed by atoms with van der Waals surface area (Å²) in [6, 6.07) is 11.1. The maximum absolute atomic E-state index is 12.8. The van der Waals surface area contributed by atoms with Crippen molar-refractivity contribution in [3.05, 3.63) is 52.4 Å². The summed E-state index contributed by atoms with van der Waals surface area (Å²) in [7, 11) is 0. The molecule has 1 amide bonds. The van der Waals surface area contributed by atoms with E-state index in [4.69, 9.17) is 5.73 Å². The molecule has 1 atom stereocenters. The molecule has 0 unspecified atom stereocenters. The number of nitrogens with zero attached hydrogens (tertiary/aromatic N) is 1. The molecule has 2 N–H and O–H groups in total. The Labute approximate surface area is 159 Å². The molecule has 2 heterocycles. The van der Waals surface area contributed by atoms with Crippen molar-refractivity contribution in [3.63, 3.8) is 0 Å². The van der Waals surface area contributed by atoms with E-state index in [2.05, 4.69) is 36.4 Å². The lowest BCUT2D eigenvalue weighted by molar-refractivity contribution is 0.0795. The van der Waals surface area contributed by atoms with Gasteiger partial charge in [0.25, 0.3) is 5.91 Å². The molecule has 1 saturated heterocycles. The van der Waals surface area contributed by atoms with Gasteiger partial charge in [-0.25, -0.2) is 0 Å². The van der Waals surface area contributed by atoms with Gasteiger partial charge < -0.3 is 10.6 Å². The molecule has 0 saturated carbocycles. The van der Waals surface area contributed by atoms with Crippen molar-refractivity contribution < 1.29 is 4.79 Å². The van der Waals surface area contributed by atoms with Crippen LogP contribution < -0.4 is 5.73 Å². The smallest absolute Gasteiger partial charge is 0.264 e. The molecule has 1 aliphatic carbocycles. The second kappa shape index (κ2) is 7.37. The number of nitrogens with two attached hydrogens (primary N) is 1. The van der Waals surface area contributed by atoms with E-state index in [1.807, 2.05) is 11.8 Å². The molecular weight excluding hydrogens is 340 g/mol. The number of thiophene rings is 1. The van der Waals surface area contributed by atoms with E-state index < -0.39 is 0 Å². The van der Waals surface area contributed by atoms with Gasteiger partial charge in [-0.2, -0.15) is 0 Å². The highest BCUT2D eigenvalue weighted by atomic mass is 32.1. The van der Waals surface area contributed by atoms with Crippen LogP contribution in [0.5, 0.6) is 0 Å². The van der Waals surface area contributed by atoms with Crippen LogP contribution in [0, 0.1) is 6.92 Å². The summed E-state index contributed by atoms with van der Waals surface area (Å²) in [5, 5.41) is 0. The second-order valence-electron chi connectivity index (χ2n) is 7.48. The SMILES string of the molecule is Cc1cc(-c2ccc(C3=CCCCC3)cc2)sc1C(=O)N1CC[C@H](N)C1. The van der Waals surface area contributed by atoms with E-state index in [1.165, 1.54) is 47.3 Å². The van der Waals surface area contributed by atoms with Crippen LogP contribution in [-0.4, -0.2) is 29.9 Å². The Morgan fingerprint density at radius 3 is 2.62 bits per heavy atom. The number of benzene rings is 1. The van der Waals surface area contributed by atoms with E-state index in [-0.39, 0.29) is 11.9 Å².